The lowest BCUT2D eigenvalue weighted by atomic mass is 10.1. The van der Waals surface area contributed by atoms with Crippen molar-refractivity contribution in [1.82, 2.24) is 4.90 Å². The minimum Gasteiger partial charge on any atom is -0.365 e. The summed E-state index contributed by atoms with van der Waals surface area (Å²) >= 11 is 0. The third-order valence-corrected chi connectivity index (χ3v) is 2.56. The van der Waals surface area contributed by atoms with Crippen LogP contribution in [0.15, 0.2) is 53.9 Å². The number of ketones is 1. The van der Waals surface area contributed by atoms with Gasteiger partial charge in [0, 0.05) is 19.7 Å². The minimum atomic E-state index is -0.504. The molecule has 1 aromatic rings. The molecule has 0 saturated carbocycles. The Bertz CT molecular complexity index is 539. The van der Waals surface area contributed by atoms with Crippen LogP contribution in [-0.2, 0) is 0 Å². The smallest absolute Gasteiger partial charge is 0.196 e. The molecule has 2 rings (SSSR count). The van der Waals surface area contributed by atoms with Gasteiger partial charge in [0.1, 0.15) is 5.82 Å². The second-order valence-corrected chi connectivity index (χ2v) is 3.80. The van der Waals surface area contributed by atoms with Crippen molar-refractivity contribution < 1.29 is 9.18 Å². The number of allylic oxidation sites excluding steroid dienone is 1. The Hall–Kier alpha value is -2.12. The summed E-state index contributed by atoms with van der Waals surface area (Å²) in [6.07, 6.45) is 5.13. The van der Waals surface area contributed by atoms with Gasteiger partial charge in [0.15, 0.2) is 5.78 Å². The zero-order chi connectivity index (χ0) is 12.3. The SMILES string of the molecule is CN1CC=CC1=C=CC(=O)c1ccccc1F. The summed E-state index contributed by atoms with van der Waals surface area (Å²) in [6.45, 7) is 0.810. The largest absolute Gasteiger partial charge is 0.365 e. The molecule has 0 saturated heterocycles. The average Bonchev–Trinajstić information content (AvgIpc) is 2.72. The summed E-state index contributed by atoms with van der Waals surface area (Å²) in [5, 5.41) is 0. The van der Waals surface area contributed by atoms with Crippen molar-refractivity contribution in [3.63, 3.8) is 0 Å². The molecule has 0 spiro atoms. The van der Waals surface area contributed by atoms with Gasteiger partial charge in [-0.1, -0.05) is 23.9 Å². The lowest BCUT2D eigenvalue weighted by Gasteiger charge is -2.08. The normalized spacial score (nSPS) is 13.8. The zero-order valence-electron chi connectivity index (χ0n) is 9.48. The van der Waals surface area contributed by atoms with E-state index in [2.05, 4.69) is 5.73 Å². The van der Waals surface area contributed by atoms with Gasteiger partial charge < -0.3 is 4.90 Å². The highest BCUT2D eigenvalue weighted by molar-refractivity contribution is 6.04. The molecule has 0 N–H and O–H groups in total. The minimum absolute atomic E-state index is 0.0743. The van der Waals surface area contributed by atoms with Crippen molar-refractivity contribution in [3.8, 4) is 0 Å². The number of carbonyl (C=O) groups excluding carboxylic acids is 1. The molecule has 0 fully saturated rings. The van der Waals surface area contributed by atoms with Crippen LogP contribution in [0.2, 0.25) is 0 Å². The maximum atomic E-state index is 13.3. The summed E-state index contributed by atoms with van der Waals surface area (Å²) < 4.78 is 13.3. The second-order valence-electron chi connectivity index (χ2n) is 3.80. The fourth-order valence-corrected chi connectivity index (χ4v) is 1.58. The van der Waals surface area contributed by atoms with E-state index in [1.54, 1.807) is 12.1 Å². The van der Waals surface area contributed by atoms with Crippen LogP contribution in [-0.4, -0.2) is 24.3 Å². The second kappa shape index (κ2) is 4.81. The molecular weight excluding hydrogens is 217 g/mol. The molecule has 0 amide bonds. The monoisotopic (exact) mass is 229 g/mol. The van der Waals surface area contributed by atoms with Gasteiger partial charge in [0.2, 0.25) is 0 Å². The third kappa shape index (κ3) is 2.52. The number of benzene rings is 1. The number of hydrogen-bond acceptors (Lipinski definition) is 2. The van der Waals surface area contributed by atoms with Gasteiger partial charge in [0.05, 0.1) is 11.3 Å². The van der Waals surface area contributed by atoms with E-state index in [9.17, 15) is 9.18 Å². The summed E-state index contributed by atoms with van der Waals surface area (Å²) in [5.41, 5.74) is 3.77. The fraction of sp³-hybridized carbons (Fsp3) is 0.143. The molecule has 0 radical (unpaired) electrons. The molecule has 1 aliphatic rings. The summed E-state index contributed by atoms with van der Waals surface area (Å²) in [4.78, 5) is 13.7. The molecule has 86 valence electrons. The fourth-order valence-electron chi connectivity index (χ4n) is 1.58. The van der Waals surface area contributed by atoms with Crippen LogP contribution in [0, 0.1) is 5.82 Å². The number of rotatable bonds is 2. The standard InChI is InChI=1S/C14H12FNO/c1-16-10-4-5-11(16)8-9-14(17)12-6-2-3-7-13(12)15/h2-7,9H,10H2,1H3. The van der Waals surface area contributed by atoms with E-state index in [-0.39, 0.29) is 11.3 Å². The Labute approximate surface area is 99.4 Å². The number of carbonyl (C=O) groups is 1. The highest BCUT2D eigenvalue weighted by Crippen LogP contribution is 2.10. The van der Waals surface area contributed by atoms with Crippen LogP contribution in [0.4, 0.5) is 4.39 Å². The van der Waals surface area contributed by atoms with Gasteiger partial charge in [-0.2, -0.15) is 0 Å². The molecular formula is C14H12FNO. The molecule has 1 aromatic carbocycles. The first-order valence-corrected chi connectivity index (χ1v) is 5.32. The highest BCUT2D eigenvalue weighted by Gasteiger charge is 2.08. The molecule has 1 aliphatic heterocycles. The van der Waals surface area contributed by atoms with Crippen molar-refractivity contribution in [2.45, 2.75) is 0 Å². The van der Waals surface area contributed by atoms with Crippen LogP contribution in [0.3, 0.4) is 0 Å². The first-order chi connectivity index (χ1) is 8.18. The molecule has 1 heterocycles. The lowest BCUT2D eigenvalue weighted by molar-refractivity contribution is 0.104. The molecule has 3 heteroatoms. The molecule has 17 heavy (non-hydrogen) atoms. The molecule has 0 atom stereocenters. The van der Waals surface area contributed by atoms with E-state index in [1.165, 1.54) is 18.2 Å². The van der Waals surface area contributed by atoms with Crippen LogP contribution in [0.1, 0.15) is 10.4 Å². The third-order valence-electron chi connectivity index (χ3n) is 2.56. The highest BCUT2D eigenvalue weighted by atomic mass is 19.1. The predicted molar refractivity (Wildman–Crippen MR) is 64.1 cm³/mol. The van der Waals surface area contributed by atoms with Crippen molar-refractivity contribution in [2.24, 2.45) is 0 Å². The van der Waals surface area contributed by atoms with Gasteiger partial charge >= 0.3 is 0 Å². The summed E-state index contributed by atoms with van der Waals surface area (Å²) in [7, 11) is 1.91. The average molecular weight is 229 g/mol. The van der Waals surface area contributed by atoms with Gasteiger partial charge in [-0.05, 0) is 18.2 Å². The van der Waals surface area contributed by atoms with E-state index in [1.807, 2.05) is 24.1 Å². The first kappa shape index (κ1) is 11.4. The number of likely N-dealkylation sites (N-methyl/N-ethyl adjacent to an activating group) is 1. The quantitative estimate of drug-likeness (QED) is 0.441. The van der Waals surface area contributed by atoms with Crippen LogP contribution >= 0.6 is 0 Å². The first-order valence-electron chi connectivity index (χ1n) is 5.32. The van der Waals surface area contributed by atoms with E-state index in [0.29, 0.717) is 0 Å². The maximum absolute atomic E-state index is 13.3. The van der Waals surface area contributed by atoms with Crippen LogP contribution < -0.4 is 0 Å². The Morgan fingerprint density at radius 3 is 2.88 bits per heavy atom. The number of halogens is 1. The number of nitrogens with zero attached hydrogens (tertiary/aromatic N) is 1. The summed E-state index contributed by atoms with van der Waals surface area (Å²) in [5.74, 6) is -0.875. The lowest BCUT2D eigenvalue weighted by Crippen LogP contribution is -2.10. The van der Waals surface area contributed by atoms with Gasteiger partial charge in [0.25, 0.3) is 0 Å². The van der Waals surface area contributed by atoms with Gasteiger partial charge in [-0.3, -0.25) is 4.79 Å². The Morgan fingerprint density at radius 1 is 1.47 bits per heavy atom. The number of hydrogen-bond donors (Lipinski definition) is 0. The Morgan fingerprint density at radius 2 is 2.24 bits per heavy atom. The topological polar surface area (TPSA) is 20.3 Å². The van der Waals surface area contributed by atoms with Crippen LogP contribution in [0.5, 0.6) is 0 Å². The van der Waals surface area contributed by atoms with Gasteiger partial charge in [-0.15, -0.1) is 0 Å². The van der Waals surface area contributed by atoms with Crippen molar-refractivity contribution in [1.29, 1.82) is 0 Å². The van der Waals surface area contributed by atoms with E-state index in [0.717, 1.165) is 12.2 Å². The molecule has 0 unspecified atom stereocenters. The maximum Gasteiger partial charge on any atom is 0.196 e. The Balaban J connectivity index is 2.26. The molecule has 0 aliphatic carbocycles. The predicted octanol–water partition coefficient (Wildman–Crippen LogP) is 2.55. The summed E-state index contributed by atoms with van der Waals surface area (Å²) in [6, 6.07) is 5.94. The molecule has 2 nitrogen and oxygen atoms in total. The molecule has 0 aromatic heterocycles. The van der Waals surface area contributed by atoms with Crippen molar-refractivity contribution in [2.75, 3.05) is 13.6 Å². The Kier molecular flexibility index (Phi) is 3.22. The van der Waals surface area contributed by atoms with E-state index < -0.39 is 5.82 Å². The van der Waals surface area contributed by atoms with E-state index >= 15 is 0 Å². The van der Waals surface area contributed by atoms with Crippen molar-refractivity contribution >= 4 is 5.78 Å². The van der Waals surface area contributed by atoms with Crippen molar-refractivity contribution in [3.05, 3.63) is 65.3 Å². The molecule has 0 bridgehead atoms. The van der Waals surface area contributed by atoms with Crippen LogP contribution in [0.25, 0.3) is 0 Å². The zero-order valence-corrected chi connectivity index (χ0v) is 9.48. The van der Waals surface area contributed by atoms with Gasteiger partial charge in [-0.25, -0.2) is 4.39 Å². The van der Waals surface area contributed by atoms with E-state index in [4.69, 9.17) is 0 Å².